The molecule has 2 aromatic carbocycles. The number of hydrogen-bond acceptors (Lipinski definition) is 5. The summed E-state index contributed by atoms with van der Waals surface area (Å²) in [6.45, 7) is 4.84. The molecule has 0 spiro atoms. The zero-order valence-electron chi connectivity index (χ0n) is 15.3. The predicted molar refractivity (Wildman–Crippen MR) is 104 cm³/mol. The van der Waals surface area contributed by atoms with Gasteiger partial charge >= 0.3 is 0 Å². The molecule has 2 heterocycles. The van der Waals surface area contributed by atoms with Crippen molar-refractivity contribution in [3.8, 4) is 17.1 Å². The summed E-state index contributed by atoms with van der Waals surface area (Å²) in [7, 11) is 1.41. The Balaban J connectivity index is 1.73. The maximum absolute atomic E-state index is 14.0. The van der Waals surface area contributed by atoms with Gasteiger partial charge in [-0.3, -0.25) is 4.79 Å². The van der Waals surface area contributed by atoms with Gasteiger partial charge in [0, 0.05) is 43.0 Å². The molecule has 1 N–H and O–H groups in total. The van der Waals surface area contributed by atoms with Gasteiger partial charge in [0.1, 0.15) is 11.3 Å². The van der Waals surface area contributed by atoms with Gasteiger partial charge in [-0.05, 0) is 43.3 Å². The second kappa shape index (κ2) is 7.04. The van der Waals surface area contributed by atoms with E-state index in [0.29, 0.717) is 28.3 Å². The van der Waals surface area contributed by atoms with Gasteiger partial charge in [0.05, 0.1) is 12.5 Å². The summed E-state index contributed by atoms with van der Waals surface area (Å²) in [6.07, 6.45) is 0. The molecule has 0 amide bonds. The van der Waals surface area contributed by atoms with Crippen molar-refractivity contribution in [2.24, 2.45) is 0 Å². The Morgan fingerprint density at radius 3 is 2.81 bits per heavy atom. The molecule has 1 aliphatic rings. The molecule has 1 fully saturated rings. The van der Waals surface area contributed by atoms with Gasteiger partial charge in [0.25, 0.3) is 0 Å². The Labute approximate surface area is 156 Å². The summed E-state index contributed by atoms with van der Waals surface area (Å²) in [5.41, 5.74) is 1.84. The number of halogens is 1. The van der Waals surface area contributed by atoms with Gasteiger partial charge in [0.2, 0.25) is 0 Å². The largest absolute Gasteiger partial charge is 0.494 e. The monoisotopic (exact) mass is 368 g/mol. The molecule has 0 aliphatic carbocycles. The summed E-state index contributed by atoms with van der Waals surface area (Å²) in [4.78, 5) is 14.9. The van der Waals surface area contributed by atoms with Crippen LogP contribution in [0.4, 0.5) is 10.1 Å². The van der Waals surface area contributed by atoms with Crippen LogP contribution in [-0.2, 0) is 0 Å². The van der Waals surface area contributed by atoms with Crippen LogP contribution in [0.3, 0.4) is 0 Å². The van der Waals surface area contributed by atoms with Crippen LogP contribution in [0.15, 0.2) is 51.7 Å². The van der Waals surface area contributed by atoms with E-state index in [0.717, 1.165) is 25.3 Å². The van der Waals surface area contributed by atoms with E-state index in [4.69, 9.17) is 9.15 Å². The van der Waals surface area contributed by atoms with Crippen LogP contribution >= 0.6 is 0 Å². The molecule has 0 unspecified atom stereocenters. The highest BCUT2D eigenvalue weighted by Crippen LogP contribution is 2.28. The summed E-state index contributed by atoms with van der Waals surface area (Å²) in [5, 5.41) is 3.93. The van der Waals surface area contributed by atoms with E-state index in [2.05, 4.69) is 17.1 Å². The van der Waals surface area contributed by atoms with Crippen molar-refractivity contribution in [2.75, 3.05) is 31.6 Å². The predicted octanol–water partition coefficient (Wildman–Crippen LogP) is 3.41. The molecule has 1 atom stereocenters. The van der Waals surface area contributed by atoms with E-state index in [1.807, 2.05) is 18.2 Å². The molecular formula is C21H21FN2O3. The van der Waals surface area contributed by atoms with Crippen molar-refractivity contribution in [3.05, 3.63) is 58.5 Å². The average Bonchev–Trinajstić information content (AvgIpc) is 2.67. The first kappa shape index (κ1) is 17.5. The standard InChI is InChI=1S/C21H21FN2O3/c1-13-12-24(8-7-23-13)15-4-6-19-16(10-15)18(25)11-21(27-19)14-3-5-20(26-2)17(22)9-14/h3-6,9-11,13,23H,7-8,12H2,1-2H3/t13-/m0/s1. The molecule has 1 aromatic heterocycles. The average molecular weight is 368 g/mol. The first-order valence-electron chi connectivity index (χ1n) is 8.95. The van der Waals surface area contributed by atoms with Crippen LogP contribution in [0.2, 0.25) is 0 Å². The fraction of sp³-hybridized carbons (Fsp3) is 0.286. The second-order valence-corrected chi connectivity index (χ2v) is 6.81. The maximum Gasteiger partial charge on any atom is 0.193 e. The topological polar surface area (TPSA) is 54.7 Å². The quantitative estimate of drug-likeness (QED) is 0.768. The molecule has 1 saturated heterocycles. The number of piperazine rings is 1. The van der Waals surface area contributed by atoms with Gasteiger partial charge in [-0.2, -0.15) is 0 Å². The molecule has 27 heavy (non-hydrogen) atoms. The van der Waals surface area contributed by atoms with Crippen molar-refractivity contribution in [1.82, 2.24) is 5.32 Å². The smallest absolute Gasteiger partial charge is 0.193 e. The number of anilines is 1. The summed E-state index contributed by atoms with van der Waals surface area (Å²) in [5.74, 6) is -0.0182. The number of nitrogens with one attached hydrogen (secondary N) is 1. The SMILES string of the molecule is COc1ccc(-c2cc(=O)c3cc(N4CCN[C@@H](C)C4)ccc3o2)cc1F. The van der Waals surface area contributed by atoms with Crippen molar-refractivity contribution >= 4 is 16.7 Å². The van der Waals surface area contributed by atoms with Crippen LogP contribution in [0, 0.1) is 5.82 Å². The zero-order valence-corrected chi connectivity index (χ0v) is 15.3. The molecule has 3 aromatic rings. The van der Waals surface area contributed by atoms with Gasteiger partial charge in [0.15, 0.2) is 17.0 Å². The van der Waals surface area contributed by atoms with Crippen LogP contribution in [0.5, 0.6) is 5.75 Å². The molecule has 4 rings (SSSR count). The van der Waals surface area contributed by atoms with E-state index < -0.39 is 5.82 Å². The first-order chi connectivity index (χ1) is 13.0. The minimum atomic E-state index is -0.499. The lowest BCUT2D eigenvalue weighted by atomic mass is 10.1. The third-order valence-corrected chi connectivity index (χ3v) is 4.88. The van der Waals surface area contributed by atoms with E-state index in [-0.39, 0.29) is 11.2 Å². The lowest BCUT2D eigenvalue weighted by Gasteiger charge is -2.33. The number of ether oxygens (including phenoxy) is 1. The van der Waals surface area contributed by atoms with E-state index in [1.54, 1.807) is 6.07 Å². The number of fused-ring (bicyclic) bond motifs is 1. The Kier molecular flexibility index (Phi) is 4.58. The fourth-order valence-corrected chi connectivity index (χ4v) is 3.47. The molecular weight excluding hydrogens is 347 g/mol. The minimum absolute atomic E-state index is 0.146. The van der Waals surface area contributed by atoms with Crippen LogP contribution in [0.25, 0.3) is 22.3 Å². The lowest BCUT2D eigenvalue weighted by molar-refractivity contribution is 0.386. The molecule has 6 heteroatoms. The van der Waals surface area contributed by atoms with Gasteiger partial charge in [-0.1, -0.05) is 0 Å². The van der Waals surface area contributed by atoms with Crippen molar-refractivity contribution < 1.29 is 13.5 Å². The zero-order chi connectivity index (χ0) is 19.0. The molecule has 0 saturated carbocycles. The third kappa shape index (κ3) is 3.40. The highest BCUT2D eigenvalue weighted by atomic mass is 19.1. The van der Waals surface area contributed by atoms with E-state index in [9.17, 15) is 9.18 Å². The first-order valence-corrected chi connectivity index (χ1v) is 8.95. The number of rotatable bonds is 3. The number of benzene rings is 2. The number of nitrogens with zero attached hydrogens (tertiary/aromatic N) is 1. The fourth-order valence-electron chi connectivity index (χ4n) is 3.47. The van der Waals surface area contributed by atoms with Crippen molar-refractivity contribution in [1.29, 1.82) is 0 Å². The molecule has 0 radical (unpaired) electrons. The summed E-state index contributed by atoms with van der Waals surface area (Å²) >= 11 is 0. The maximum atomic E-state index is 14.0. The normalized spacial score (nSPS) is 17.3. The highest BCUT2D eigenvalue weighted by molar-refractivity contribution is 5.82. The van der Waals surface area contributed by atoms with Gasteiger partial charge < -0.3 is 19.4 Å². The Hall–Kier alpha value is -2.86. The third-order valence-electron chi connectivity index (χ3n) is 4.88. The Morgan fingerprint density at radius 1 is 1.22 bits per heavy atom. The summed E-state index contributed by atoms with van der Waals surface area (Å²) in [6, 6.07) is 11.9. The summed E-state index contributed by atoms with van der Waals surface area (Å²) < 4.78 is 24.8. The molecule has 0 bridgehead atoms. The highest BCUT2D eigenvalue weighted by Gasteiger charge is 2.17. The van der Waals surface area contributed by atoms with Crippen molar-refractivity contribution in [3.63, 3.8) is 0 Å². The molecule has 1 aliphatic heterocycles. The number of methoxy groups -OCH3 is 1. The lowest BCUT2D eigenvalue weighted by Crippen LogP contribution is -2.49. The van der Waals surface area contributed by atoms with Crippen LogP contribution < -0.4 is 20.4 Å². The van der Waals surface area contributed by atoms with E-state index in [1.165, 1.54) is 25.3 Å². The molecule has 5 nitrogen and oxygen atoms in total. The van der Waals surface area contributed by atoms with Crippen LogP contribution in [-0.4, -0.2) is 32.8 Å². The number of hydrogen-bond donors (Lipinski definition) is 1. The van der Waals surface area contributed by atoms with E-state index >= 15 is 0 Å². The van der Waals surface area contributed by atoms with Crippen LogP contribution in [0.1, 0.15) is 6.92 Å². The minimum Gasteiger partial charge on any atom is -0.494 e. The van der Waals surface area contributed by atoms with Gasteiger partial charge in [-0.15, -0.1) is 0 Å². The second-order valence-electron chi connectivity index (χ2n) is 6.81. The Morgan fingerprint density at radius 2 is 2.07 bits per heavy atom. The van der Waals surface area contributed by atoms with Gasteiger partial charge in [-0.25, -0.2) is 4.39 Å². The molecule has 140 valence electrons. The van der Waals surface area contributed by atoms with Crippen molar-refractivity contribution in [2.45, 2.75) is 13.0 Å². The Bertz CT molecular complexity index is 1050.